The lowest BCUT2D eigenvalue weighted by Crippen LogP contribution is -2.33. The summed E-state index contributed by atoms with van der Waals surface area (Å²) in [6.45, 7) is 9.63. The molecule has 1 N–H and O–H groups in total. The van der Waals surface area contributed by atoms with Crippen molar-refractivity contribution in [2.75, 3.05) is 17.3 Å². The van der Waals surface area contributed by atoms with Crippen LogP contribution in [0.1, 0.15) is 50.3 Å². The second-order valence-electron chi connectivity index (χ2n) is 9.53. The van der Waals surface area contributed by atoms with E-state index in [0.717, 1.165) is 23.4 Å². The van der Waals surface area contributed by atoms with Gasteiger partial charge >= 0.3 is 0 Å². The maximum atomic E-state index is 13.9. The lowest BCUT2D eigenvalue weighted by Gasteiger charge is -2.34. The molecule has 0 fully saturated rings. The highest BCUT2D eigenvalue weighted by Crippen LogP contribution is 2.50. The minimum absolute atomic E-state index is 0.163. The summed E-state index contributed by atoms with van der Waals surface area (Å²) >= 11 is 0. The van der Waals surface area contributed by atoms with Crippen LogP contribution in [-0.4, -0.2) is 12.6 Å². The first-order chi connectivity index (χ1) is 15.3. The maximum absolute atomic E-state index is 13.9. The summed E-state index contributed by atoms with van der Waals surface area (Å²) in [5, 5.41) is 3.68. The zero-order valence-corrected chi connectivity index (χ0v) is 19.3. The fourth-order valence-electron chi connectivity index (χ4n) is 5.04. The Morgan fingerprint density at radius 1 is 1.03 bits per heavy atom. The quantitative estimate of drug-likeness (QED) is 0.476. The predicted molar refractivity (Wildman–Crippen MR) is 131 cm³/mol. The Balaban J connectivity index is 1.74. The van der Waals surface area contributed by atoms with Crippen LogP contribution in [0.25, 0.3) is 16.8 Å². The predicted octanol–water partition coefficient (Wildman–Crippen LogP) is 7.19. The van der Waals surface area contributed by atoms with Gasteiger partial charge in [0.1, 0.15) is 11.6 Å². The van der Waals surface area contributed by atoms with Gasteiger partial charge in [0.15, 0.2) is 0 Å². The number of nitrogens with one attached hydrogen (secondary N) is 1. The molecule has 164 valence electrons. The number of benzene rings is 3. The van der Waals surface area contributed by atoms with Crippen LogP contribution in [0.15, 0.2) is 60.7 Å². The van der Waals surface area contributed by atoms with E-state index < -0.39 is 0 Å². The summed E-state index contributed by atoms with van der Waals surface area (Å²) in [6.07, 6.45) is 2.33. The smallest absolute Gasteiger partial charge is 0.129 e. The number of hydrogen-bond acceptors (Lipinski definition) is 3. The van der Waals surface area contributed by atoms with Crippen molar-refractivity contribution in [3.63, 3.8) is 0 Å². The topological polar surface area (TPSA) is 24.5 Å². The van der Waals surface area contributed by atoms with Gasteiger partial charge in [0, 0.05) is 40.8 Å². The van der Waals surface area contributed by atoms with E-state index in [4.69, 9.17) is 4.74 Å². The van der Waals surface area contributed by atoms with E-state index in [1.807, 2.05) is 6.07 Å². The minimum Gasteiger partial charge on any atom is -0.496 e. The Morgan fingerprint density at radius 3 is 2.53 bits per heavy atom. The van der Waals surface area contributed by atoms with Gasteiger partial charge in [-0.25, -0.2) is 4.39 Å². The fraction of sp³-hybridized carbons (Fsp3) is 0.286. The van der Waals surface area contributed by atoms with Crippen LogP contribution in [-0.2, 0) is 6.54 Å². The molecule has 2 aliphatic heterocycles. The van der Waals surface area contributed by atoms with E-state index >= 15 is 0 Å². The van der Waals surface area contributed by atoms with E-state index in [0.29, 0.717) is 11.7 Å². The number of halogens is 1. The van der Waals surface area contributed by atoms with E-state index in [2.05, 4.69) is 80.4 Å². The average Bonchev–Trinajstić information content (AvgIpc) is 3.13. The number of anilines is 2. The van der Waals surface area contributed by atoms with E-state index in [-0.39, 0.29) is 11.4 Å². The van der Waals surface area contributed by atoms with Gasteiger partial charge < -0.3 is 15.0 Å². The van der Waals surface area contributed by atoms with Crippen molar-refractivity contribution in [3.05, 3.63) is 83.2 Å². The first kappa shape index (κ1) is 20.6. The summed E-state index contributed by atoms with van der Waals surface area (Å²) in [7, 11) is 1.59. The van der Waals surface area contributed by atoms with Crippen LogP contribution in [0, 0.1) is 5.82 Å². The van der Waals surface area contributed by atoms with Crippen molar-refractivity contribution in [3.8, 4) is 16.9 Å². The number of rotatable bonds is 4. The second kappa shape index (κ2) is 7.40. The van der Waals surface area contributed by atoms with Gasteiger partial charge in [-0.2, -0.15) is 0 Å². The Bertz CT molecular complexity index is 1240. The molecule has 3 aromatic carbocycles. The second-order valence-corrected chi connectivity index (χ2v) is 9.53. The third-order valence-electron chi connectivity index (χ3n) is 6.43. The molecule has 2 aliphatic rings. The van der Waals surface area contributed by atoms with Gasteiger partial charge in [-0.3, -0.25) is 0 Å². The van der Waals surface area contributed by atoms with E-state index in [9.17, 15) is 4.39 Å². The lowest BCUT2D eigenvalue weighted by molar-refractivity contribution is 0.413. The van der Waals surface area contributed by atoms with Gasteiger partial charge in [0.2, 0.25) is 0 Å². The fourth-order valence-corrected chi connectivity index (χ4v) is 5.04. The molecule has 2 heterocycles. The molecular weight excluding hydrogens is 399 g/mol. The van der Waals surface area contributed by atoms with Crippen molar-refractivity contribution >= 4 is 17.1 Å². The van der Waals surface area contributed by atoms with Crippen LogP contribution in [0.3, 0.4) is 0 Å². The highest BCUT2D eigenvalue weighted by Gasteiger charge is 2.37. The summed E-state index contributed by atoms with van der Waals surface area (Å²) in [5.74, 6) is 0.676. The molecule has 0 bridgehead atoms. The first-order valence-electron chi connectivity index (χ1n) is 11.2. The van der Waals surface area contributed by atoms with Gasteiger partial charge in [0.05, 0.1) is 12.6 Å². The monoisotopic (exact) mass is 428 g/mol. The van der Waals surface area contributed by atoms with Crippen molar-refractivity contribution in [2.24, 2.45) is 0 Å². The summed E-state index contributed by atoms with van der Waals surface area (Å²) < 4.78 is 19.4. The lowest BCUT2D eigenvalue weighted by atomic mass is 9.89. The summed E-state index contributed by atoms with van der Waals surface area (Å²) in [5.41, 5.74) is 9.24. The largest absolute Gasteiger partial charge is 0.496 e. The molecule has 0 aromatic heterocycles. The zero-order valence-electron chi connectivity index (χ0n) is 19.3. The minimum atomic E-state index is -0.295. The standard InChI is InChI=1S/C28H29FN2O/c1-17(2)19-8-6-7-9-24(19)31-16-22-20(21-11-10-18(29)14-26(21)32-5)12-13-23-27(22)25(31)15-28(3,4)30-23/h6-15,17,30H,16H2,1-5H3. The molecule has 0 radical (unpaired) electrons. The van der Waals surface area contributed by atoms with E-state index in [1.165, 1.54) is 40.2 Å². The van der Waals surface area contributed by atoms with Crippen molar-refractivity contribution in [2.45, 2.75) is 45.7 Å². The molecule has 0 saturated carbocycles. The van der Waals surface area contributed by atoms with Crippen molar-refractivity contribution in [1.82, 2.24) is 0 Å². The van der Waals surface area contributed by atoms with Crippen LogP contribution in [0.5, 0.6) is 5.75 Å². The maximum Gasteiger partial charge on any atom is 0.129 e. The molecule has 0 atom stereocenters. The number of methoxy groups -OCH3 is 1. The molecule has 0 aliphatic carbocycles. The molecule has 4 heteroatoms. The molecule has 0 spiro atoms. The Labute approximate surface area is 189 Å². The number of hydrogen-bond donors (Lipinski definition) is 1. The molecule has 3 aromatic rings. The average molecular weight is 429 g/mol. The van der Waals surface area contributed by atoms with Gasteiger partial charge in [-0.15, -0.1) is 0 Å². The molecule has 5 rings (SSSR count). The molecule has 3 nitrogen and oxygen atoms in total. The zero-order chi connectivity index (χ0) is 22.6. The highest BCUT2D eigenvalue weighted by atomic mass is 19.1. The Hall–Kier alpha value is -3.27. The molecule has 32 heavy (non-hydrogen) atoms. The van der Waals surface area contributed by atoms with E-state index in [1.54, 1.807) is 7.11 Å². The van der Waals surface area contributed by atoms with Crippen LogP contribution in [0.4, 0.5) is 15.8 Å². The molecule has 0 unspecified atom stereocenters. The van der Waals surface area contributed by atoms with Crippen LogP contribution < -0.4 is 15.0 Å². The van der Waals surface area contributed by atoms with Gasteiger partial charge in [-0.05, 0) is 66.8 Å². The SMILES string of the molecule is COc1cc(F)ccc1-c1ccc2c3c1CN(c1ccccc1C(C)C)C3=CC(C)(C)N2. The number of nitrogens with zero attached hydrogens (tertiary/aromatic N) is 1. The highest BCUT2D eigenvalue weighted by molar-refractivity contribution is 5.97. The Morgan fingerprint density at radius 2 is 1.78 bits per heavy atom. The number of ether oxygens (including phenoxy) is 1. The van der Waals surface area contributed by atoms with Crippen molar-refractivity contribution < 1.29 is 9.13 Å². The summed E-state index contributed by atoms with van der Waals surface area (Å²) in [4.78, 5) is 2.44. The van der Waals surface area contributed by atoms with Crippen LogP contribution >= 0.6 is 0 Å². The summed E-state index contributed by atoms with van der Waals surface area (Å²) in [6, 6.07) is 17.7. The Kier molecular flexibility index (Phi) is 4.77. The van der Waals surface area contributed by atoms with Crippen molar-refractivity contribution in [1.29, 1.82) is 0 Å². The van der Waals surface area contributed by atoms with Gasteiger partial charge in [-0.1, -0.05) is 38.1 Å². The third kappa shape index (κ3) is 3.26. The first-order valence-corrected chi connectivity index (χ1v) is 11.2. The molecule has 0 saturated heterocycles. The third-order valence-corrected chi connectivity index (χ3v) is 6.43. The molecular formula is C28H29FN2O. The van der Waals surface area contributed by atoms with Gasteiger partial charge in [0.25, 0.3) is 0 Å². The van der Waals surface area contributed by atoms with Crippen LogP contribution in [0.2, 0.25) is 0 Å². The molecule has 0 amide bonds. The number of para-hydroxylation sites is 1. The normalized spacial score (nSPS) is 16.0.